The minimum atomic E-state index is -4.41. The van der Waals surface area contributed by atoms with Crippen molar-refractivity contribution >= 4 is 23.1 Å². The van der Waals surface area contributed by atoms with Crippen LogP contribution in [0.2, 0.25) is 0 Å². The molecule has 0 aliphatic rings. The molecule has 2 aromatic heterocycles. The van der Waals surface area contributed by atoms with Gasteiger partial charge in [0.15, 0.2) is 0 Å². The number of anilines is 1. The van der Waals surface area contributed by atoms with E-state index in [4.69, 9.17) is 4.74 Å². The van der Waals surface area contributed by atoms with Crippen LogP contribution in [0.4, 0.5) is 19.0 Å². The molecule has 0 atom stereocenters. The van der Waals surface area contributed by atoms with Crippen LogP contribution in [-0.4, -0.2) is 29.1 Å². The molecule has 0 bridgehead atoms. The fourth-order valence-electron chi connectivity index (χ4n) is 1.78. The summed E-state index contributed by atoms with van der Waals surface area (Å²) >= 11 is 1.26. The van der Waals surface area contributed by atoms with E-state index in [-0.39, 0.29) is 19.0 Å². The first-order chi connectivity index (χ1) is 10.8. The number of alkyl halides is 3. The summed E-state index contributed by atoms with van der Waals surface area (Å²) in [5.41, 5.74) is -0.194. The number of aromatic nitrogens is 2. The third-order valence-corrected chi connectivity index (χ3v) is 3.87. The van der Waals surface area contributed by atoms with Gasteiger partial charge in [0.2, 0.25) is 0 Å². The van der Waals surface area contributed by atoms with Gasteiger partial charge in [0, 0.05) is 6.20 Å². The minimum Gasteiger partial charge on any atom is -0.460 e. The van der Waals surface area contributed by atoms with Gasteiger partial charge in [-0.05, 0) is 26.0 Å². The Labute approximate surface area is 134 Å². The molecular weight excluding hydrogens is 331 g/mol. The van der Waals surface area contributed by atoms with Crippen LogP contribution in [0.5, 0.6) is 0 Å². The van der Waals surface area contributed by atoms with Crippen molar-refractivity contribution in [1.82, 2.24) is 9.97 Å². The van der Waals surface area contributed by atoms with Gasteiger partial charge in [-0.3, -0.25) is 0 Å². The van der Waals surface area contributed by atoms with Crippen LogP contribution < -0.4 is 5.32 Å². The van der Waals surface area contributed by atoms with E-state index in [0.29, 0.717) is 10.6 Å². The van der Waals surface area contributed by atoms with E-state index >= 15 is 0 Å². The number of nitrogens with one attached hydrogen (secondary N) is 1. The second-order valence-corrected chi connectivity index (χ2v) is 5.84. The maximum Gasteiger partial charge on any atom is 0.417 e. The monoisotopic (exact) mass is 345 g/mol. The Hall–Kier alpha value is -2.16. The molecule has 0 aliphatic heterocycles. The summed E-state index contributed by atoms with van der Waals surface area (Å²) in [5, 5.41) is 3.56. The molecule has 0 radical (unpaired) electrons. The van der Waals surface area contributed by atoms with Crippen molar-refractivity contribution in [3.63, 3.8) is 0 Å². The number of hydrogen-bond donors (Lipinski definition) is 1. The Morgan fingerprint density at radius 3 is 2.61 bits per heavy atom. The Morgan fingerprint density at radius 1 is 1.35 bits per heavy atom. The topological polar surface area (TPSA) is 64.1 Å². The van der Waals surface area contributed by atoms with Crippen molar-refractivity contribution in [3.05, 3.63) is 39.5 Å². The third kappa shape index (κ3) is 4.65. The third-order valence-electron chi connectivity index (χ3n) is 2.82. The number of aryl methyl sites for hydroxylation is 2. The standard InChI is InChI=1S/C14H14F3N3O2S/c1-8-12(23-9(2)20-8)13(21)22-6-5-18-11-4-3-10(7-19-11)14(15,16)17/h3-4,7H,5-6H2,1-2H3,(H,18,19). The van der Waals surface area contributed by atoms with Crippen molar-refractivity contribution in [2.45, 2.75) is 20.0 Å². The van der Waals surface area contributed by atoms with Gasteiger partial charge in [-0.25, -0.2) is 14.8 Å². The highest BCUT2D eigenvalue weighted by Crippen LogP contribution is 2.28. The fraction of sp³-hybridized carbons (Fsp3) is 0.357. The van der Waals surface area contributed by atoms with Crippen LogP contribution in [-0.2, 0) is 10.9 Å². The van der Waals surface area contributed by atoms with Crippen molar-refractivity contribution in [1.29, 1.82) is 0 Å². The van der Waals surface area contributed by atoms with Gasteiger partial charge < -0.3 is 10.1 Å². The lowest BCUT2D eigenvalue weighted by molar-refractivity contribution is -0.137. The number of nitrogens with zero attached hydrogens (tertiary/aromatic N) is 2. The lowest BCUT2D eigenvalue weighted by atomic mass is 10.3. The largest absolute Gasteiger partial charge is 0.460 e. The number of ether oxygens (including phenoxy) is 1. The van der Waals surface area contributed by atoms with Crippen LogP contribution in [0.3, 0.4) is 0 Å². The Bertz CT molecular complexity index is 684. The number of hydrogen-bond acceptors (Lipinski definition) is 6. The summed E-state index contributed by atoms with van der Waals surface area (Å²) in [6.45, 7) is 3.83. The number of rotatable bonds is 5. The molecule has 2 rings (SSSR count). The van der Waals surface area contributed by atoms with E-state index in [1.807, 2.05) is 0 Å². The van der Waals surface area contributed by atoms with Gasteiger partial charge in [-0.2, -0.15) is 13.2 Å². The van der Waals surface area contributed by atoms with Gasteiger partial charge in [-0.1, -0.05) is 0 Å². The van der Waals surface area contributed by atoms with Gasteiger partial charge in [-0.15, -0.1) is 11.3 Å². The Kier molecular flexibility index (Phi) is 5.19. The zero-order chi connectivity index (χ0) is 17.0. The molecule has 0 saturated carbocycles. The molecule has 9 heteroatoms. The summed E-state index contributed by atoms with van der Waals surface area (Å²) in [4.78, 5) is 20.1. The molecule has 5 nitrogen and oxygen atoms in total. The molecule has 0 spiro atoms. The number of carbonyl (C=O) groups is 1. The number of carbonyl (C=O) groups excluding carboxylic acids is 1. The zero-order valence-corrected chi connectivity index (χ0v) is 13.2. The Balaban J connectivity index is 1.79. The highest BCUT2D eigenvalue weighted by molar-refractivity contribution is 7.13. The second kappa shape index (κ2) is 6.95. The lowest BCUT2D eigenvalue weighted by Gasteiger charge is -2.09. The number of thiazole rings is 1. The van der Waals surface area contributed by atoms with E-state index in [2.05, 4.69) is 15.3 Å². The summed E-state index contributed by atoms with van der Waals surface area (Å²) < 4.78 is 42.2. The van der Waals surface area contributed by atoms with Crippen molar-refractivity contribution in [3.8, 4) is 0 Å². The molecule has 0 aliphatic carbocycles. The molecular formula is C14H14F3N3O2S. The van der Waals surface area contributed by atoms with Crippen LogP contribution in [0.25, 0.3) is 0 Å². The van der Waals surface area contributed by atoms with Crippen LogP contribution >= 0.6 is 11.3 Å². The SMILES string of the molecule is Cc1nc(C)c(C(=O)OCCNc2ccc(C(F)(F)F)cn2)s1. The molecule has 23 heavy (non-hydrogen) atoms. The van der Waals surface area contributed by atoms with Gasteiger partial charge in [0.25, 0.3) is 0 Å². The predicted molar refractivity (Wildman–Crippen MR) is 79.6 cm³/mol. The highest BCUT2D eigenvalue weighted by atomic mass is 32.1. The minimum absolute atomic E-state index is 0.0674. The maximum absolute atomic E-state index is 12.4. The van der Waals surface area contributed by atoms with Gasteiger partial charge in [0.1, 0.15) is 17.3 Å². The van der Waals surface area contributed by atoms with E-state index in [1.54, 1.807) is 13.8 Å². The smallest absolute Gasteiger partial charge is 0.417 e. The molecule has 2 heterocycles. The van der Waals surface area contributed by atoms with Crippen molar-refractivity contribution in [2.24, 2.45) is 0 Å². The van der Waals surface area contributed by atoms with E-state index in [0.717, 1.165) is 17.3 Å². The number of halogens is 3. The van der Waals surface area contributed by atoms with Gasteiger partial charge in [0.05, 0.1) is 22.8 Å². The fourth-order valence-corrected chi connectivity index (χ4v) is 2.59. The summed E-state index contributed by atoms with van der Waals surface area (Å²) in [7, 11) is 0. The van der Waals surface area contributed by atoms with Crippen molar-refractivity contribution < 1.29 is 22.7 Å². The number of esters is 1. The zero-order valence-electron chi connectivity index (χ0n) is 12.4. The van der Waals surface area contributed by atoms with Crippen molar-refractivity contribution in [2.75, 3.05) is 18.5 Å². The average molecular weight is 345 g/mol. The summed E-state index contributed by atoms with van der Waals surface area (Å²) in [6.07, 6.45) is -3.66. The lowest BCUT2D eigenvalue weighted by Crippen LogP contribution is -2.14. The van der Waals surface area contributed by atoms with Crippen LogP contribution in [0, 0.1) is 13.8 Å². The molecule has 0 aromatic carbocycles. The average Bonchev–Trinajstić information content (AvgIpc) is 2.82. The van der Waals surface area contributed by atoms with E-state index < -0.39 is 17.7 Å². The van der Waals surface area contributed by atoms with E-state index in [1.165, 1.54) is 17.4 Å². The molecule has 0 amide bonds. The van der Waals surface area contributed by atoms with Crippen LogP contribution in [0.15, 0.2) is 18.3 Å². The first-order valence-corrected chi connectivity index (χ1v) is 7.47. The molecule has 2 aromatic rings. The van der Waals surface area contributed by atoms with Gasteiger partial charge >= 0.3 is 12.1 Å². The van der Waals surface area contributed by atoms with E-state index in [9.17, 15) is 18.0 Å². The number of pyridine rings is 1. The first kappa shape index (κ1) is 17.2. The molecule has 1 N–H and O–H groups in total. The highest BCUT2D eigenvalue weighted by Gasteiger charge is 2.30. The second-order valence-electron chi connectivity index (χ2n) is 4.64. The first-order valence-electron chi connectivity index (χ1n) is 6.65. The normalized spacial score (nSPS) is 11.3. The summed E-state index contributed by atoms with van der Waals surface area (Å²) in [5.74, 6) is -0.186. The Morgan fingerprint density at radius 2 is 2.09 bits per heavy atom. The van der Waals surface area contributed by atoms with Crippen LogP contribution in [0.1, 0.15) is 25.9 Å². The molecule has 0 unspecified atom stereocenters. The quantitative estimate of drug-likeness (QED) is 0.664. The summed E-state index contributed by atoms with van der Waals surface area (Å²) in [6, 6.07) is 2.16. The predicted octanol–water partition coefficient (Wildman–Crippen LogP) is 3.44. The maximum atomic E-state index is 12.4. The molecule has 0 saturated heterocycles. The molecule has 0 fully saturated rings. The molecule has 124 valence electrons.